The van der Waals surface area contributed by atoms with Gasteiger partial charge in [0.1, 0.15) is 5.75 Å². The van der Waals surface area contributed by atoms with Gasteiger partial charge in [-0.05, 0) is 53.9 Å². The number of nitrogens with zero attached hydrogens (tertiary/aromatic N) is 3. The molecule has 13 heteroatoms. The number of aliphatic carboxylic acids is 1. The molecule has 0 saturated carbocycles. The fourth-order valence-electron chi connectivity index (χ4n) is 5.87. The van der Waals surface area contributed by atoms with Gasteiger partial charge in [-0.15, -0.1) is 0 Å². The molecule has 0 aliphatic carbocycles. The first-order chi connectivity index (χ1) is 20.6. The Morgan fingerprint density at radius 3 is 2.35 bits per heavy atom. The average Bonchev–Trinajstić information content (AvgIpc) is 3.64. The van der Waals surface area contributed by atoms with E-state index in [1.165, 1.54) is 28.6 Å². The van der Waals surface area contributed by atoms with E-state index < -0.39 is 38.8 Å². The third-order valence-corrected chi connectivity index (χ3v) is 9.87. The van der Waals surface area contributed by atoms with Crippen LogP contribution in [0, 0.1) is 16.0 Å². The highest BCUT2D eigenvalue weighted by atomic mass is 32.2. The molecule has 0 radical (unpaired) electrons. The molecule has 3 aromatic rings. The highest BCUT2D eigenvalue weighted by Crippen LogP contribution is 2.47. The van der Waals surface area contributed by atoms with Crippen LogP contribution in [0.1, 0.15) is 36.4 Å². The van der Waals surface area contributed by atoms with Gasteiger partial charge < -0.3 is 19.3 Å². The molecule has 3 atom stereocenters. The normalized spacial score (nSPS) is 19.9. The molecule has 1 saturated heterocycles. The summed E-state index contributed by atoms with van der Waals surface area (Å²) in [5.41, 5.74) is 1.37. The molecule has 0 spiro atoms. The molecule has 1 N–H and O–H groups in total. The standard InChI is InChI=1S/C30H33N3O9S/c1-3-14-32(43(38,39)24-11-7-22(8-12-24)33(36)37)16-15-31-18-25(21-6-13-26-27(17-21)42-19-41-26)28(30(34)35)29(31)20-4-9-23(40-2)10-5-20/h4-13,17,25,28-29H,3,14-16,18-19H2,1-2H3,(H,34,35)/t25-,28+,29-/m1/s1. The van der Waals surface area contributed by atoms with Crippen molar-refractivity contribution in [3.8, 4) is 17.2 Å². The van der Waals surface area contributed by atoms with Gasteiger partial charge in [0.25, 0.3) is 5.69 Å². The van der Waals surface area contributed by atoms with Crippen molar-refractivity contribution in [3.05, 3.63) is 88.0 Å². The number of fused-ring (bicyclic) bond motifs is 1. The van der Waals surface area contributed by atoms with E-state index in [9.17, 15) is 28.4 Å². The summed E-state index contributed by atoms with van der Waals surface area (Å²) < 4.78 is 44.9. The maximum atomic E-state index is 13.6. The summed E-state index contributed by atoms with van der Waals surface area (Å²) in [7, 11) is -2.41. The Kier molecular flexibility index (Phi) is 8.85. The fourth-order valence-corrected chi connectivity index (χ4v) is 7.39. The number of nitro groups is 1. The first-order valence-electron chi connectivity index (χ1n) is 13.9. The van der Waals surface area contributed by atoms with E-state index >= 15 is 0 Å². The first-order valence-corrected chi connectivity index (χ1v) is 15.3. The van der Waals surface area contributed by atoms with Gasteiger partial charge in [-0.2, -0.15) is 4.31 Å². The fraction of sp³-hybridized carbons (Fsp3) is 0.367. The zero-order valence-corrected chi connectivity index (χ0v) is 24.6. The Bertz CT molecular complexity index is 1580. The van der Waals surface area contributed by atoms with Crippen molar-refractivity contribution in [2.45, 2.75) is 30.2 Å². The van der Waals surface area contributed by atoms with Gasteiger partial charge in [0.05, 0.1) is 22.8 Å². The molecule has 0 bridgehead atoms. The van der Waals surface area contributed by atoms with Crippen molar-refractivity contribution in [2.24, 2.45) is 5.92 Å². The molecule has 5 rings (SSSR count). The summed E-state index contributed by atoms with van der Waals surface area (Å²) in [6.07, 6.45) is 0.547. The van der Waals surface area contributed by atoms with Crippen molar-refractivity contribution in [1.29, 1.82) is 0 Å². The lowest BCUT2D eigenvalue weighted by molar-refractivity contribution is -0.384. The summed E-state index contributed by atoms with van der Waals surface area (Å²) in [6, 6.07) is 17.0. The second-order valence-corrected chi connectivity index (χ2v) is 12.4. The average molecular weight is 612 g/mol. The minimum absolute atomic E-state index is 0.0404. The number of hydrogen-bond acceptors (Lipinski definition) is 9. The third-order valence-electron chi connectivity index (χ3n) is 7.96. The maximum absolute atomic E-state index is 13.6. The van der Waals surface area contributed by atoms with Gasteiger partial charge in [-0.1, -0.05) is 25.1 Å². The van der Waals surface area contributed by atoms with E-state index in [2.05, 4.69) is 0 Å². The molecule has 0 amide bonds. The van der Waals surface area contributed by atoms with Crippen LogP contribution in [0.2, 0.25) is 0 Å². The zero-order valence-electron chi connectivity index (χ0n) is 23.8. The minimum Gasteiger partial charge on any atom is -0.497 e. The number of carboxylic acid groups (broad SMARTS) is 1. The van der Waals surface area contributed by atoms with E-state index in [1.54, 1.807) is 25.3 Å². The van der Waals surface area contributed by atoms with Crippen molar-refractivity contribution < 1.29 is 37.5 Å². The lowest BCUT2D eigenvalue weighted by Gasteiger charge is -2.30. The smallest absolute Gasteiger partial charge is 0.309 e. The summed E-state index contributed by atoms with van der Waals surface area (Å²) in [5, 5.41) is 21.6. The van der Waals surface area contributed by atoms with Crippen LogP contribution in [-0.2, 0) is 14.8 Å². The largest absolute Gasteiger partial charge is 0.497 e. The number of benzene rings is 3. The first kappa shape index (κ1) is 30.3. The molecule has 43 heavy (non-hydrogen) atoms. The lowest BCUT2D eigenvalue weighted by Crippen LogP contribution is -2.39. The number of nitro benzene ring substituents is 1. The lowest BCUT2D eigenvalue weighted by atomic mass is 9.82. The molecule has 0 aromatic heterocycles. The quantitative estimate of drug-likeness (QED) is 0.232. The number of carboxylic acids is 1. The summed E-state index contributed by atoms with van der Waals surface area (Å²) in [6.45, 7) is 2.92. The van der Waals surface area contributed by atoms with Gasteiger partial charge in [0, 0.05) is 50.3 Å². The van der Waals surface area contributed by atoms with E-state index in [0.717, 1.165) is 11.1 Å². The topological polar surface area (TPSA) is 149 Å². The Hall–Kier alpha value is -4.20. The van der Waals surface area contributed by atoms with Crippen LogP contribution in [0.5, 0.6) is 17.2 Å². The van der Waals surface area contributed by atoms with E-state index in [-0.39, 0.29) is 37.0 Å². The second-order valence-electron chi connectivity index (χ2n) is 10.5. The Morgan fingerprint density at radius 1 is 1.05 bits per heavy atom. The maximum Gasteiger partial charge on any atom is 0.309 e. The third kappa shape index (κ3) is 6.14. The van der Waals surface area contributed by atoms with Crippen LogP contribution < -0.4 is 14.2 Å². The molecule has 12 nitrogen and oxygen atoms in total. The van der Waals surface area contributed by atoms with Gasteiger partial charge in [0.15, 0.2) is 11.5 Å². The molecule has 228 valence electrons. The number of rotatable bonds is 12. The molecule has 0 unspecified atom stereocenters. The summed E-state index contributed by atoms with van der Waals surface area (Å²) in [4.78, 5) is 25.3. The highest BCUT2D eigenvalue weighted by molar-refractivity contribution is 7.89. The summed E-state index contributed by atoms with van der Waals surface area (Å²) >= 11 is 0. The van der Waals surface area contributed by atoms with Gasteiger partial charge in [-0.3, -0.25) is 19.8 Å². The Labute approximate surface area is 249 Å². The zero-order chi connectivity index (χ0) is 30.7. The van der Waals surface area contributed by atoms with Crippen molar-refractivity contribution in [1.82, 2.24) is 9.21 Å². The van der Waals surface area contributed by atoms with E-state index in [0.29, 0.717) is 30.2 Å². The van der Waals surface area contributed by atoms with Crippen LogP contribution in [0.4, 0.5) is 5.69 Å². The number of non-ortho nitro benzene ring substituents is 1. The summed E-state index contributed by atoms with van der Waals surface area (Å²) in [5.74, 6) is -0.413. The highest BCUT2D eigenvalue weighted by Gasteiger charge is 2.47. The number of likely N-dealkylation sites (tertiary alicyclic amines) is 1. The number of sulfonamides is 1. The van der Waals surface area contributed by atoms with Crippen molar-refractivity contribution in [3.63, 3.8) is 0 Å². The molecular weight excluding hydrogens is 578 g/mol. The molecular formula is C30H33N3O9S. The van der Waals surface area contributed by atoms with Crippen LogP contribution in [0.15, 0.2) is 71.6 Å². The number of methoxy groups -OCH3 is 1. The SMILES string of the molecule is CCCN(CCN1C[C@H](c2ccc3c(c2)OCO3)[C@H](C(=O)O)[C@H]1c1ccc(OC)cc1)S(=O)(=O)c1ccc([N+](=O)[O-])cc1. The van der Waals surface area contributed by atoms with Gasteiger partial charge >= 0.3 is 5.97 Å². The van der Waals surface area contributed by atoms with Gasteiger partial charge in [0.2, 0.25) is 16.8 Å². The minimum atomic E-state index is -3.97. The van der Waals surface area contributed by atoms with Crippen LogP contribution in [-0.4, -0.2) is 73.7 Å². The van der Waals surface area contributed by atoms with E-state index in [4.69, 9.17) is 14.2 Å². The van der Waals surface area contributed by atoms with Crippen molar-refractivity contribution in [2.75, 3.05) is 40.1 Å². The Balaban J connectivity index is 1.46. The molecule has 1 fully saturated rings. The predicted octanol–water partition coefficient (Wildman–Crippen LogP) is 4.27. The number of carbonyl (C=O) groups is 1. The predicted molar refractivity (Wildman–Crippen MR) is 156 cm³/mol. The molecule has 3 aromatic carbocycles. The van der Waals surface area contributed by atoms with Crippen LogP contribution in [0.3, 0.4) is 0 Å². The molecule has 2 aliphatic heterocycles. The van der Waals surface area contributed by atoms with E-state index in [1.807, 2.05) is 36.1 Å². The number of hydrogen-bond donors (Lipinski definition) is 1. The van der Waals surface area contributed by atoms with Crippen molar-refractivity contribution >= 4 is 21.7 Å². The van der Waals surface area contributed by atoms with Crippen LogP contribution in [0.25, 0.3) is 0 Å². The second kappa shape index (κ2) is 12.6. The Morgan fingerprint density at radius 2 is 1.72 bits per heavy atom. The monoisotopic (exact) mass is 611 g/mol. The molecule has 2 aliphatic rings. The van der Waals surface area contributed by atoms with Crippen LogP contribution >= 0.6 is 0 Å². The van der Waals surface area contributed by atoms with Gasteiger partial charge in [-0.25, -0.2) is 8.42 Å². The number of ether oxygens (including phenoxy) is 3. The molecule has 2 heterocycles.